The summed E-state index contributed by atoms with van der Waals surface area (Å²) in [6, 6.07) is 75.3. The molecule has 0 radical (unpaired) electrons. The van der Waals surface area contributed by atoms with Crippen molar-refractivity contribution >= 4 is 11.0 Å². The second-order valence-corrected chi connectivity index (χ2v) is 13.9. The summed E-state index contributed by atoms with van der Waals surface area (Å²) in [6.45, 7) is 0. The molecule has 6 heteroatoms. The van der Waals surface area contributed by atoms with Gasteiger partial charge in [0.1, 0.15) is 6.33 Å². The molecular weight excluding hydrogens is 904 g/mol. The molecule has 0 amide bonds. The van der Waals surface area contributed by atoms with Crippen molar-refractivity contribution in [2.75, 3.05) is 0 Å². The van der Waals surface area contributed by atoms with Crippen molar-refractivity contribution in [1.29, 1.82) is 0 Å². The maximum atomic E-state index is 6.44. The van der Waals surface area contributed by atoms with Gasteiger partial charge in [-0.25, -0.2) is 4.98 Å². The number of benzene rings is 8. The van der Waals surface area contributed by atoms with Crippen molar-refractivity contribution in [3.8, 4) is 78.8 Å². The first-order valence-electron chi connectivity index (χ1n) is 19.2. The minimum atomic E-state index is 0. The third kappa shape index (κ3) is 7.64. The monoisotopic (exact) mass is 937 g/mol. The number of aromatic nitrogens is 4. The van der Waals surface area contributed by atoms with Crippen LogP contribution in [0.25, 0.3) is 78.3 Å². The number of rotatable bonds is 9. The predicted molar refractivity (Wildman–Crippen MR) is 231 cm³/mol. The minimum Gasteiger partial charge on any atom is -0.503 e. The molecule has 10 aromatic rings. The topological polar surface area (TPSA) is 43.8 Å². The van der Waals surface area contributed by atoms with Crippen LogP contribution in [-0.2, 0) is 21.1 Å². The fourth-order valence-corrected chi connectivity index (χ4v) is 7.42. The quantitative estimate of drug-likeness (QED) is 0.107. The number of hydrogen-bond donors (Lipinski definition) is 0. The van der Waals surface area contributed by atoms with Crippen molar-refractivity contribution < 1.29 is 30.4 Å². The van der Waals surface area contributed by atoms with E-state index in [1.54, 1.807) is 6.33 Å². The van der Waals surface area contributed by atoms with Crippen LogP contribution in [0, 0.1) is 18.5 Å². The molecule has 0 N–H and O–H groups in total. The smallest absolute Gasteiger partial charge is 0.268 e. The first-order chi connectivity index (χ1) is 28.7. The van der Waals surface area contributed by atoms with Crippen LogP contribution in [0.4, 0.5) is 0 Å². The first kappa shape index (κ1) is 37.4. The van der Waals surface area contributed by atoms with Gasteiger partial charge in [0.25, 0.3) is 6.33 Å². The van der Waals surface area contributed by atoms with Gasteiger partial charge in [0.15, 0.2) is 0 Å². The molecule has 2 aromatic heterocycles. The molecule has 0 fully saturated rings. The van der Waals surface area contributed by atoms with E-state index in [1.165, 1.54) is 5.56 Å². The summed E-state index contributed by atoms with van der Waals surface area (Å²) in [5, 5.41) is 0. The van der Waals surface area contributed by atoms with Gasteiger partial charge in [-0.2, -0.15) is 12.1 Å². The zero-order valence-electron chi connectivity index (χ0n) is 31.6. The van der Waals surface area contributed by atoms with Gasteiger partial charge in [0.05, 0.1) is 22.4 Å². The molecule has 0 aliphatic carbocycles. The van der Waals surface area contributed by atoms with Crippen molar-refractivity contribution in [3.63, 3.8) is 0 Å². The summed E-state index contributed by atoms with van der Waals surface area (Å²) >= 11 is 0. The second kappa shape index (κ2) is 16.7. The van der Waals surface area contributed by atoms with E-state index in [0.29, 0.717) is 11.5 Å². The zero-order valence-corrected chi connectivity index (χ0v) is 33.9. The van der Waals surface area contributed by atoms with Gasteiger partial charge in [-0.3, -0.25) is 9.55 Å². The van der Waals surface area contributed by atoms with Gasteiger partial charge in [0.2, 0.25) is 0 Å². The van der Waals surface area contributed by atoms with E-state index in [-0.39, 0.29) is 21.1 Å². The van der Waals surface area contributed by atoms with Gasteiger partial charge >= 0.3 is 0 Å². The Hall–Kier alpha value is -7.20. The molecule has 0 atom stereocenters. The van der Waals surface area contributed by atoms with Crippen LogP contribution in [0.2, 0.25) is 0 Å². The van der Waals surface area contributed by atoms with E-state index in [1.807, 2.05) is 65.2 Å². The summed E-state index contributed by atoms with van der Waals surface area (Å²) in [7, 11) is 0. The number of nitrogens with zero attached hydrogens (tertiary/aromatic N) is 4. The van der Waals surface area contributed by atoms with Crippen LogP contribution in [0.3, 0.4) is 0 Å². The van der Waals surface area contributed by atoms with E-state index in [2.05, 4.69) is 173 Å². The third-order valence-corrected chi connectivity index (χ3v) is 10.2. The maximum Gasteiger partial charge on any atom is 0.268 e. The molecule has 0 aliphatic heterocycles. The van der Waals surface area contributed by atoms with E-state index in [9.17, 15) is 0 Å². The van der Waals surface area contributed by atoms with Crippen molar-refractivity contribution in [1.82, 2.24) is 14.5 Å². The first-order valence-corrected chi connectivity index (χ1v) is 19.2. The van der Waals surface area contributed by atoms with E-state index >= 15 is 0 Å². The Labute approximate surface area is 357 Å². The molecule has 10 rings (SSSR count). The largest absolute Gasteiger partial charge is 0.503 e. The van der Waals surface area contributed by atoms with Gasteiger partial charge < -0.3 is 9.30 Å². The molecule has 0 saturated carbocycles. The number of para-hydroxylation sites is 3. The van der Waals surface area contributed by atoms with Crippen LogP contribution >= 0.6 is 0 Å². The van der Waals surface area contributed by atoms with Gasteiger partial charge in [0, 0.05) is 32.6 Å². The van der Waals surface area contributed by atoms with Crippen molar-refractivity contribution in [2.45, 2.75) is 0 Å². The molecule has 0 unspecified atom stereocenters. The summed E-state index contributed by atoms with van der Waals surface area (Å²) in [4.78, 5) is 9.17. The summed E-state index contributed by atoms with van der Waals surface area (Å²) in [6.07, 6.45) is 5.32. The fourth-order valence-electron chi connectivity index (χ4n) is 7.42. The minimum absolute atomic E-state index is 0. The van der Waals surface area contributed by atoms with Gasteiger partial charge in [-0.15, -0.1) is 35.9 Å². The Morgan fingerprint density at radius 2 is 1.00 bits per heavy atom. The molecule has 59 heavy (non-hydrogen) atoms. The van der Waals surface area contributed by atoms with Crippen LogP contribution in [-0.4, -0.2) is 14.5 Å². The molecule has 0 bridgehead atoms. The van der Waals surface area contributed by atoms with Crippen LogP contribution in [0.5, 0.6) is 11.5 Å². The van der Waals surface area contributed by atoms with Crippen LogP contribution < -0.4 is 9.30 Å². The number of hydrogen-bond acceptors (Lipinski definition) is 3. The summed E-state index contributed by atoms with van der Waals surface area (Å²) in [5.74, 6) is 1.11. The third-order valence-electron chi connectivity index (χ3n) is 10.2. The van der Waals surface area contributed by atoms with E-state index in [0.717, 1.165) is 72.7 Å². The molecule has 0 aliphatic rings. The number of imidazole rings is 1. The standard InChI is InChI=1S/C53H34N4O.Pt/c1-4-15-38(16-5-1)39-29-31-42(32-30-39)49-35-50(55-36-54-49)43-21-12-23-45(33-43)58-46-24-13-22-44(34-46)56-37-57(52-28-11-10-27-51(52)56)53-47(40-17-6-2-7-18-40)25-14-26-48(53)41-19-8-3-9-20-41;/h1-32,35-36H;/q-2;. The zero-order chi connectivity index (χ0) is 38.7. The Balaban J connectivity index is 0.00000449. The maximum absolute atomic E-state index is 6.44. The SMILES string of the molecule is [Pt].[c-]1c(Oc2[c-]c(-n3[c-][n+](-c4c(-c5ccccc5)cccc4-c4ccccc4)c4ccccc43)ccc2)cccc1-c1cc(-c2ccc(-c3ccccc3)cc2)ncn1. The number of fused-ring (bicyclic) bond motifs is 1. The normalized spacial score (nSPS) is 10.9. The number of ether oxygens (including phenoxy) is 1. The summed E-state index contributed by atoms with van der Waals surface area (Å²) in [5.41, 5.74) is 14.1. The van der Waals surface area contributed by atoms with Crippen molar-refractivity contribution in [2.24, 2.45) is 0 Å². The van der Waals surface area contributed by atoms with Crippen molar-refractivity contribution in [3.05, 3.63) is 225 Å². The Bertz CT molecular complexity index is 2960. The molecule has 284 valence electrons. The Morgan fingerprint density at radius 1 is 0.458 bits per heavy atom. The van der Waals surface area contributed by atoms with E-state index < -0.39 is 0 Å². The van der Waals surface area contributed by atoms with Crippen LogP contribution in [0.15, 0.2) is 207 Å². The molecule has 8 aromatic carbocycles. The van der Waals surface area contributed by atoms with E-state index in [4.69, 9.17) is 4.74 Å². The Kier molecular flexibility index (Phi) is 10.6. The molecule has 0 spiro atoms. The second-order valence-electron chi connectivity index (χ2n) is 13.9. The van der Waals surface area contributed by atoms with Gasteiger partial charge in [-0.1, -0.05) is 170 Å². The van der Waals surface area contributed by atoms with Crippen LogP contribution in [0.1, 0.15) is 0 Å². The van der Waals surface area contributed by atoms with Gasteiger partial charge in [-0.05, 0) is 50.3 Å². The molecule has 2 heterocycles. The summed E-state index contributed by atoms with van der Waals surface area (Å²) < 4.78 is 10.7. The average Bonchev–Trinajstić information content (AvgIpc) is 3.69. The molecule has 0 saturated heterocycles. The fraction of sp³-hybridized carbons (Fsp3) is 0. The average molecular weight is 938 g/mol. The predicted octanol–water partition coefficient (Wildman–Crippen LogP) is 12.2. The molecular formula is C53H34N4OPt-2. The molecule has 5 nitrogen and oxygen atoms in total. The Morgan fingerprint density at radius 3 is 1.69 bits per heavy atom.